The Kier molecular flexibility index (Phi) is 6.18. The number of carboxylic acids is 1. The summed E-state index contributed by atoms with van der Waals surface area (Å²) in [4.78, 5) is 12.2. The first kappa shape index (κ1) is 20.2. The number of H-pyrrole nitrogens is 1. The van der Waals surface area contributed by atoms with Gasteiger partial charge >= 0.3 is 5.97 Å². The molecule has 0 saturated heterocycles. The van der Waals surface area contributed by atoms with Gasteiger partial charge in [-0.1, -0.05) is 66.6 Å². The van der Waals surface area contributed by atoms with Gasteiger partial charge < -0.3 is 10.8 Å². The number of benzene rings is 2. The number of carboxylic acid groups (broad SMARTS) is 1. The number of rotatable bonds is 8. The average molecular weight is 406 g/mol. The van der Waals surface area contributed by atoms with Gasteiger partial charge in [-0.2, -0.15) is 5.21 Å². The lowest BCUT2D eigenvalue weighted by molar-refractivity contribution is -0.144. The van der Waals surface area contributed by atoms with Gasteiger partial charge in [-0.15, -0.1) is 10.2 Å². The molecule has 1 aliphatic carbocycles. The predicted octanol–water partition coefficient (Wildman–Crippen LogP) is 3.54. The number of aromatic amines is 1. The largest absolute Gasteiger partial charge is 0.481 e. The summed E-state index contributed by atoms with van der Waals surface area (Å²) >= 11 is 0. The number of aliphatic carboxylic acids is 1. The van der Waals surface area contributed by atoms with Gasteiger partial charge in [0.15, 0.2) is 5.82 Å². The maximum Gasteiger partial charge on any atom is 0.307 e. The molecule has 1 heterocycles. The Labute approximate surface area is 175 Å². The Morgan fingerprint density at radius 3 is 2.13 bits per heavy atom. The van der Waals surface area contributed by atoms with Gasteiger partial charge in [0.25, 0.3) is 0 Å². The van der Waals surface area contributed by atoms with Crippen molar-refractivity contribution in [3.05, 3.63) is 65.5 Å². The molecule has 1 aliphatic rings. The van der Waals surface area contributed by atoms with Crippen LogP contribution in [0, 0.1) is 11.8 Å². The molecule has 156 valence electrons. The number of aromatic nitrogens is 4. The van der Waals surface area contributed by atoms with Gasteiger partial charge in [0.05, 0.1) is 5.92 Å². The first-order valence-electron chi connectivity index (χ1n) is 10.5. The molecule has 2 atom stereocenters. The third kappa shape index (κ3) is 4.41. The van der Waals surface area contributed by atoms with Crippen LogP contribution in [0.1, 0.15) is 48.6 Å². The van der Waals surface area contributed by atoms with Gasteiger partial charge in [-0.3, -0.25) is 4.79 Å². The van der Waals surface area contributed by atoms with Crippen molar-refractivity contribution in [1.82, 2.24) is 20.6 Å². The van der Waals surface area contributed by atoms with Crippen LogP contribution >= 0.6 is 0 Å². The molecule has 4 rings (SSSR count). The van der Waals surface area contributed by atoms with E-state index in [4.69, 9.17) is 5.73 Å². The van der Waals surface area contributed by atoms with Crippen molar-refractivity contribution in [3.63, 3.8) is 0 Å². The fourth-order valence-corrected chi connectivity index (χ4v) is 4.64. The second-order valence-electron chi connectivity index (χ2n) is 8.09. The highest BCUT2D eigenvalue weighted by molar-refractivity contribution is 5.72. The minimum absolute atomic E-state index is 0.159. The fraction of sp³-hybridized carbons (Fsp3) is 0.391. The lowest BCUT2D eigenvalue weighted by Crippen LogP contribution is -2.30. The lowest BCUT2D eigenvalue weighted by Gasteiger charge is -2.26. The Hall–Kier alpha value is -3.06. The van der Waals surface area contributed by atoms with E-state index in [0.717, 1.165) is 47.9 Å². The summed E-state index contributed by atoms with van der Waals surface area (Å²) in [5.74, 6) is -0.942. The maximum absolute atomic E-state index is 12.2. The normalized spacial score (nSPS) is 16.4. The summed E-state index contributed by atoms with van der Waals surface area (Å²) in [6, 6.07) is 16.5. The number of carbonyl (C=O) groups is 1. The molecule has 30 heavy (non-hydrogen) atoms. The first-order valence-corrected chi connectivity index (χ1v) is 10.5. The highest BCUT2D eigenvalue weighted by Crippen LogP contribution is 2.40. The zero-order chi connectivity index (χ0) is 20.9. The van der Waals surface area contributed by atoms with Crippen LogP contribution in [0.15, 0.2) is 48.5 Å². The molecule has 1 saturated carbocycles. The number of nitrogens with two attached hydrogens (primary N) is 1. The van der Waals surface area contributed by atoms with E-state index in [1.807, 2.05) is 12.1 Å². The van der Waals surface area contributed by atoms with Gasteiger partial charge in [0.2, 0.25) is 0 Å². The highest BCUT2D eigenvalue weighted by atomic mass is 16.4. The Morgan fingerprint density at radius 1 is 1.03 bits per heavy atom. The van der Waals surface area contributed by atoms with Crippen LogP contribution in [-0.4, -0.2) is 31.7 Å². The summed E-state index contributed by atoms with van der Waals surface area (Å²) in [6.45, 7) is 0.530. The number of nitrogens with zero attached hydrogens (tertiary/aromatic N) is 3. The van der Waals surface area contributed by atoms with E-state index < -0.39 is 11.9 Å². The van der Waals surface area contributed by atoms with Gasteiger partial charge in [-0.05, 0) is 47.4 Å². The summed E-state index contributed by atoms with van der Waals surface area (Å²) < 4.78 is 0. The van der Waals surface area contributed by atoms with Crippen LogP contribution in [0.3, 0.4) is 0 Å². The van der Waals surface area contributed by atoms with Crippen molar-refractivity contribution in [1.29, 1.82) is 0 Å². The number of tetrazole rings is 1. The van der Waals surface area contributed by atoms with E-state index in [2.05, 4.69) is 57.0 Å². The van der Waals surface area contributed by atoms with Crippen LogP contribution in [0.25, 0.3) is 11.1 Å². The second-order valence-corrected chi connectivity index (χ2v) is 8.09. The SMILES string of the molecule is NCc1ccc(-c2ccc(CC(c3nn[nH]n3)C(C(=O)O)C3CCCC3)cc2)cc1. The molecule has 2 unspecified atom stereocenters. The van der Waals surface area contributed by atoms with Crippen molar-refractivity contribution in [2.75, 3.05) is 0 Å². The Bertz CT molecular complexity index is 948. The van der Waals surface area contributed by atoms with E-state index >= 15 is 0 Å². The molecule has 3 aromatic rings. The molecule has 7 heteroatoms. The Balaban J connectivity index is 1.57. The summed E-state index contributed by atoms with van der Waals surface area (Å²) in [5, 5.41) is 24.5. The minimum atomic E-state index is -0.770. The fourth-order valence-electron chi connectivity index (χ4n) is 4.64. The third-order valence-corrected chi connectivity index (χ3v) is 6.25. The standard InChI is InChI=1S/C23H27N5O2/c24-14-16-7-11-18(12-8-16)17-9-5-15(6-10-17)13-20(22-25-27-28-26-22)21(23(29)30)19-3-1-2-4-19/h5-12,19-21H,1-4,13-14,24H2,(H,29,30)(H,25,26,27,28). The molecule has 0 aliphatic heterocycles. The van der Waals surface area contributed by atoms with E-state index in [0.29, 0.717) is 18.8 Å². The van der Waals surface area contributed by atoms with Crippen LogP contribution in [0.4, 0.5) is 0 Å². The average Bonchev–Trinajstić information content (AvgIpc) is 3.48. The molecule has 1 fully saturated rings. The lowest BCUT2D eigenvalue weighted by atomic mass is 9.77. The topological polar surface area (TPSA) is 118 Å². The first-order chi connectivity index (χ1) is 14.7. The van der Waals surface area contributed by atoms with Crippen LogP contribution < -0.4 is 5.73 Å². The molecule has 0 spiro atoms. The van der Waals surface area contributed by atoms with Crippen LogP contribution in [-0.2, 0) is 17.8 Å². The van der Waals surface area contributed by atoms with Crippen molar-refractivity contribution >= 4 is 5.97 Å². The van der Waals surface area contributed by atoms with E-state index in [1.165, 1.54) is 0 Å². The second kappa shape index (κ2) is 9.17. The van der Waals surface area contributed by atoms with Crippen molar-refractivity contribution in [3.8, 4) is 11.1 Å². The summed E-state index contributed by atoms with van der Waals surface area (Å²) in [7, 11) is 0. The van der Waals surface area contributed by atoms with Crippen LogP contribution in [0.2, 0.25) is 0 Å². The van der Waals surface area contributed by atoms with Gasteiger partial charge in [0, 0.05) is 12.5 Å². The van der Waals surface area contributed by atoms with Crippen LogP contribution in [0.5, 0.6) is 0 Å². The van der Waals surface area contributed by atoms with Gasteiger partial charge in [0.1, 0.15) is 0 Å². The smallest absolute Gasteiger partial charge is 0.307 e. The Morgan fingerprint density at radius 2 is 1.63 bits per heavy atom. The molecule has 4 N–H and O–H groups in total. The van der Waals surface area contributed by atoms with Crippen molar-refractivity contribution in [2.45, 2.75) is 44.6 Å². The molecule has 7 nitrogen and oxygen atoms in total. The zero-order valence-corrected chi connectivity index (χ0v) is 16.9. The molecule has 0 amide bonds. The monoisotopic (exact) mass is 405 g/mol. The molecule has 2 aromatic carbocycles. The third-order valence-electron chi connectivity index (χ3n) is 6.25. The molecule has 1 aromatic heterocycles. The van der Waals surface area contributed by atoms with E-state index in [-0.39, 0.29) is 11.8 Å². The van der Waals surface area contributed by atoms with Gasteiger partial charge in [-0.25, -0.2) is 0 Å². The number of nitrogens with one attached hydrogen (secondary N) is 1. The number of hydrogen-bond acceptors (Lipinski definition) is 5. The van der Waals surface area contributed by atoms with Crippen molar-refractivity contribution < 1.29 is 9.90 Å². The number of hydrogen-bond donors (Lipinski definition) is 3. The summed E-state index contributed by atoms with van der Waals surface area (Å²) in [6.07, 6.45) is 4.64. The quantitative estimate of drug-likeness (QED) is 0.527. The maximum atomic E-state index is 12.2. The molecule has 0 radical (unpaired) electrons. The predicted molar refractivity (Wildman–Crippen MR) is 113 cm³/mol. The molecule has 0 bridgehead atoms. The van der Waals surface area contributed by atoms with E-state index in [9.17, 15) is 9.90 Å². The molecular formula is C23H27N5O2. The summed E-state index contributed by atoms with van der Waals surface area (Å²) in [5.41, 5.74) is 10.1. The zero-order valence-electron chi connectivity index (χ0n) is 16.9. The highest BCUT2D eigenvalue weighted by Gasteiger charge is 2.39. The molecular weight excluding hydrogens is 378 g/mol. The van der Waals surface area contributed by atoms with E-state index in [1.54, 1.807) is 0 Å². The van der Waals surface area contributed by atoms with Crippen molar-refractivity contribution in [2.24, 2.45) is 17.6 Å². The minimum Gasteiger partial charge on any atom is -0.481 e.